The van der Waals surface area contributed by atoms with Gasteiger partial charge in [0.15, 0.2) is 0 Å². The summed E-state index contributed by atoms with van der Waals surface area (Å²) in [5, 5.41) is 0.724. The monoisotopic (exact) mass is 479 g/mol. The first-order valence-electron chi connectivity index (χ1n) is 10.7. The third-order valence-electron chi connectivity index (χ3n) is 5.69. The minimum atomic E-state index is -3.94. The summed E-state index contributed by atoms with van der Waals surface area (Å²) in [5.41, 5.74) is 3.05. The molecule has 1 aliphatic heterocycles. The third-order valence-corrected chi connectivity index (χ3v) is 7.07. The molecular formula is C25H22FN3O4S. The number of fused-ring (bicyclic) bond motifs is 2. The number of aromatic amines is 1. The Hall–Kier alpha value is -3.85. The van der Waals surface area contributed by atoms with Crippen molar-refractivity contribution in [1.82, 2.24) is 4.98 Å². The molecule has 1 amide bonds. The van der Waals surface area contributed by atoms with Gasteiger partial charge in [-0.2, -0.15) is 0 Å². The van der Waals surface area contributed by atoms with Crippen LogP contribution in [0.3, 0.4) is 0 Å². The van der Waals surface area contributed by atoms with Crippen molar-refractivity contribution in [1.29, 1.82) is 0 Å². The van der Waals surface area contributed by atoms with Gasteiger partial charge in [0, 0.05) is 34.8 Å². The highest BCUT2D eigenvalue weighted by molar-refractivity contribution is 7.92. The Balaban J connectivity index is 1.45. The van der Waals surface area contributed by atoms with E-state index in [0.717, 1.165) is 22.2 Å². The van der Waals surface area contributed by atoms with Crippen LogP contribution in [0.1, 0.15) is 13.8 Å². The van der Waals surface area contributed by atoms with Crippen LogP contribution in [0.25, 0.3) is 22.2 Å². The molecular weight excluding hydrogens is 457 g/mol. The standard InChI is InChI=1S/C25H22FN3O4S/c1-15-14-29(16(2)30)24-13-21(7-9-25(24)33-15)34(31,32)28-20-5-3-4-17(11-20)23-12-18-10-19(26)6-8-22(18)27-23/h3-13,15,27-28H,14H2,1-2H3. The summed E-state index contributed by atoms with van der Waals surface area (Å²) in [5.74, 6) is -0.0530. The van der Waals surface area contributed by atoms with Crippen LogP contribution >= 0.6 is 0 Å². The van der Waals surface area contributed by atoms with Crippen LogP contribution in [0.5, 0.6) is 5.75 Å². The van der Waals surface area contributed by atoms with Crippen LogP contribution < -0.4 is 14.4 Å². The Morgan fingerprint density at radius 1 is 1.12 bits per heavy atom. The maximum absolute atomic E-state index is 13.5. The Kier molecular flexibility index (Phi) is 5.28. The van der Waals surface area contributed by atoms with Gasteiger partial charge in [0.1, 0.15) is 17.7 Å². The van der Waals surface area contributed by atoms with E-state index < -0.39 is 10.0 Å². The van der Waals surface area contributed by atoms with Gasteiger partial charge in [-0.05, 0) is 61.5 Å². The number of rotatable bonds is 4. The van der Waals surface area contributed by atoms with Crippen LogP contribution in [0.2, 0.25) is 0 Å². The van der Waals surface area contributed by atoms with E-state index in [4.69, 9.17) is 4.74 Å². The molecule has 174 valence electrons. The molecule has 34 heavy (non-hydrogen) atoms. The Labute approximate surface area is 196 Å². The highest BCUT2D eigenvalue weighted by atomic mass is 32.2. The molecule has 7 nitrogen and oxygen atoms in total. The maximum atomic E-state index is 13.5. The minimum absolute atomic E-state index is 0.0159. The Morgan fingerprint density at radius 2 is 1.94 bits per heavy atom. The first-order valence-corrected chi connectivity index (χ1v) is 12.2. The molecule has 1 atom stereocenters. The van der Waals surface area contributed by atoms with Gasteiger partial charge in [-0.1, -0.05) is 12.1 Å². The van der Waals surface area contributed by atoms with Crippen LogP contribution in [0.4, 0.5) is 15.8 Å². The van der Waals surface area contributed by atoms with Gasteiger partial charge in [0.2, 0.25) is 5.91 Å². The lowest BCUT2D eigenvalue weighted by Crippen LogP contribution is -2.41. The van der Waals surface area contributed by atoms with Crippen LogP contribution in [0.15, 0.2) is 71.6 Å². The number of nitrogens with one attached hydrogen (secondary N) is 2. The van der Waals surface area contributed by atoms with Gasteiger partial charge in [0.25, 0.3) is 10.0 Å². The normalized spacial score (nSPS) is 15.6. The highest BCUT2D eigenvalue weighted by Crippen LogP contribution is 2.36. The lowest BCUT2D eigenvalue weighted by atomic mass is 10.1. The number of H-pyrrole nitrogens is 1. The quantitative estimate of drug-likeness (QED) is 0.435. The maximum Gasteiger partial charge on any atom is 0.261 e. The summed E-state index contributed by atoms with van der Waals surface area (Å²) in [6.45, 7) is 3.63. The van der Waals surface area contributed by atoms with Crippen LogP contribution in [-0.2, 0) is 14.8 Å². The molecule has 3 aromatic carbocycles. The van der Waals surface area contributed by atoms with Crippen LogP contribution in [0, 0.1) is 5.82 Å². The van der Waals surface area contributed by atoms with Gasteiger partial charge in [-0.15, -0.1) is 0 Å². The van der Waals surface area contributed by atoms with Gasteiger partial charge in [0.05, 0.1) is 17.1 Å². The second-order valence-corrected chi connectivity index (χ2v) is 9.97. The average Bonchev–Trinajstić information content (AvgIpc) is 3.21. The second kappa shape index (κ2) is 8.18. The van der Waals surface area contributed by atoms with E-state index in [9.17, 15) is 17.6 Å². The first-order chi connectivity index (χ1) is 16.2. The van der Waals surface area contributed by atoms with Crippen molar-refractivity contribution < 1.29 is 22.3 Å². The minimum Gasteiger partial charge on any atom is -0.487 e. The fourth-order valence-electron chi connectivity index (χ4n) is 4.11. The molecule has 5 rings (SSSR count). The molecule has 0 spiro atoms. The van der Waals surface area contributed by atoms with Gasteiger partial charge >= 0.3 is 0 Å². The summed E-state index contributed by atoms with van der Waals surface area (Å²) in [6, 6.07) is 17.7. The van der Waals surface area contributed by atoms with Crippen LogP contribution in [-0.4, -0.2) is 32.0 Å². The topological polar surface area (TPSA) is 91.5 Å². The number of nitrogens with zero attached hydrogens (tertiary/aromatic N) is 1. The molecule has 0 fully saturated rings. The lowest BCUT2D eigenvalue weighted by molar-refractivity contribution is -0.117. The highest BCUT2D eigenvalue weighted by Gasteiger charge is 2.28. The summed E-state index contributed by atoms with van der Waals surface area (Å²) in [4.78, 5) is 16.8. The molecule has 0 saturated heterocycles. The zero-order chi connectivity index (χ0) is 24.0. The zero-order valence-corrected chi connectivity index (χ0v) is 19.3. The molecule has 1 aliphatic rings. The largest absolute Gasteiger partial charge is 0.487 e. The predicted molar refractivity (Wildman–Crippen MR) is 129 cm³/mol. The molecule has 0 saturated carbocycles. The summed E-state index contributed by atoms with van der Waals surface area (Å²) >= 11 is 0. The summed E-state index contributed by atoms with van der Waals surface area (Å²) < 4.78 is 48.2. The van der Waals surface area contributed by atoms with Crippen molar-refractivity contribution in [2.45, 2.75) is 24.8 Å². The van der Waals surface area contributed by atoms with E-state index in [1.54, 1.807) is 30.3 Å². The van der Waals surface area contributed by atoms with E-state index in [0.29, 0.717) is 23.7 Å². The molecule has 0 aliphatic carbocycles. The molecule has 1 unspecified atom stereocenters. The number of aromatic nitrogens is 1. The fourth-order valence-corrected chi connectivity index (χ4v) is 5.17. The number of carbonyl (C=O) groups is 1. The molecule has 1 aromatic heterocycles. The zero-order valence-electron chi connectivity index (χ0n) is 18.5. The number of ether oxygens (including phenoxy) is 1. The number of carbonyl (C=O) groups excluding carboxylic acids is 1. The lowest BCUT2D eigenvalue weighted by Gasteiger charge is -2.33. The summed E-state index contributed by atoms with van der Waals surface area (Å²) in [7, 11) is -3.94. The predicted octanol–water partition coefficient (Wildman–Crippen LogP) is 4.91. The van der Waals surface area contributed by atoms with Crippen molar-refractivity contribution in [3.8, 4) is 17.0 Å². The van der Waals surface area contributed by atoms with Crippen molar-refractivity contribution in [3.05, 3.63) is 72.5 Å². The molecule has 0 bridgehead atoms. The van der Waals surface area contributed by atoms with Crippen molar-refractivity contribution in [3.63, 3.8) is 0 Å². The number of anilines is 2. The number of hydrogen-bond donors (Lipinski definition) is 2. The van der Waals surface area contributed by atoms with E-state index in [1.165, 1.54) is 36.1 Å². The van der Waals surface area contributed by atoms with E-state index in [-0.39, 0.29) is 22.7 Å². The van der Waals surface area contributed by atoms with Gasteiger partial charge in [-0.25, -0.2) is 12.8 Å². The van der Waals surface area contributed by atoms with E-state index in [2.05, 4.69) is 9.71 Å². The molecule has 9 heteroatoms. The number of amides is 1. The summed E-state index contributed by atoms with van der Waals surface area (Å²) in [6.07, 6.45) is -0.194. The second-order valence-electron chi connectivity index (χ2n) is 8.29. The smallest absolute Gasteiger partial charge is 0.261 e. The third kappa shape index (κ3) is 4.10. The van der Waals surface area contributed by atoms with E-state index >= 15 is 0 Å². The number of halogens is 1. The Morgan fingerprint density at radius 3 is 2.74 bits per heavy atom. The fraction of sp³-hybridized carbons (Fsp3) is 0.160. The van der Waals surface area contributed by atoms with E-state index in [1.807, 2.05) is 19.1 Å². The average molecular weight is 480 g/mol. The molecule has 2 heterocycles. The SMILES string of the molecule is CC(=O)N1CC(C)Oc2ccc(S(=O)(=O)Nc3cccc(-c4cc5cc(F)ccc5[nH]4)c3)cc21. The number of sulfonamides is 1. The molecule has 0 radical (unpaired) electrons. The number of hydrogen-bond acceptors (Lipinski definition) is 4. The van der Waals surface area contributed by atoms with Crippen molar-refractivity contribution >= 4 is 38.2 Å². The van der Waals surface area contributed by atoms with Crippen molar-refractivity contribution in [2.75, 3.05) is 16.2 Å². The van der Waals surface area contributed by atoms with Crippen molar-refractivity contribution in [2.24, 2.45) is 0 Å². The first kappa shape index (κ1) is 22.0. The number of benzene rings is 3. The molecule has 2 N–H and O–H groups in total. The van der Waals surface area contributed by atoms with Gasteiger partial charge in [-0.3, -0.25) is 9.52 Å². The molecule has 4 aromatic rings. The van der Waals surface area contributed by atoms with Gasteiger partial charge < -0.3 is 14.6 Å². The Bertz CT molecular complexity index is 1530.